The number of fused-ring (bicyclic) bond motifs is 1. The molecule has 9 heteroatoms. The van der Waals surface area contributed by atoms with E-state index in [0.29, 0.717) is 37.0 Å². The van der Waals surface area contributed by atoms with Crippen LogP contribution in [0.3, 0.4) is 0 Å². The summed E-state index contributed by atoms with van der Waals surface area (Å²) in [6.07, 6.45) is 0. The van der Waals surface area contributed by atoms with E-state index in [4.69, 9.17) is 4.84 Å². The highest BCUT2D eigenvalue weighted by Crippen LogP contribution is 2.25. The minimum absolute atomic E-state index is 0.154. The molecule has 0 saturated heterocycles. The van der Waals surface area contributed by atoms with Gasteiger partial charge in [-0.25, -0.2) is 0 Å². The molecule has 0 aliphatic carbocycles. The van der Waals surface area contributed by atoms with Crippen molar-refractivity contribution in [2.75, 3.05) is 39.9 Å². The summed E-state index contributed by atoms with van der Waals surface area (Å²) in [5.41, 5.74) is -0.729. The van der Waals surface area contributed by atoms with Gasteiger partial charge in [-0.3, -0.25) is 19.3 Å². The third-order valence-electron chi connectivity index (χ3n) is 3.93. The van der Waals surface area contributed by atoms with E-state index in [0.717, 1.165) is 4.73 Å². The standard InChI is InChI=1S/C18H23N3O6/c1-3-19-17(24)15-16(23)13-6-4-5-7-14(13)21(18(15)25)27-11-9-20(2)8-10-26-12-22/h4-7,12,23H,3,8-11H2,1-2H3,(H,19,24). The fourth-order valence-corrected chi connectivity index (χ4v) is 2.54. The Balaban J connectivity index is 2.28. The second kappa shape index (κ2) is 9.58. The first-order valence-corrected chi connectivity index (χ1v) is 8.53. The molecule has 0 aliphatic heterocycles. The van der Waals surface area contributed by atoms with Crippen LogP contribution in [0.5, 0.6) is 5.75 Å². The zero-order chi connectivity index (χ0) is 19.8. The summed E-state index contributed by atoms with van der Waals surface area (Å²) in [6.45, 7) is 3.80. The Morgan fingerprint density at radius 2 is 2.00 bits per heavy atom. The number of amides is 1. The predicted molar refractivity (Wildman–Crippen MR) is 98.8 cm³/mol. The largest absolute Gasteiger partial charge is 0.506 e. The lowest BCUT2D eigenvalue weighted by Crippen LogP contribution is -2.38. The van der Waals surface area contributed by atoms with Crippen molar-refractivity contribution in [3.63, 3.8) is 0 Å². The van der Waals surface area contributed by atoms with Crippen LogP contribution in [0.4, 0.5) is 0 Å². The van der Waals surface area contributed by atoms with Gasteiger partial charge in [0.05, 0.1) is 5.52 Å². The van der Waals surface area contributed by atoms with Gasteiger partial charge < -0.3 is 20.0 Å². The highest BCUT2D eigenvalue weighted by atomic mass is 16.7. The summed E-state index contributed by atoms with van der Waals surface area (Å²) in [5, 5.41) is 13.3. The second-order valence-corrected chi connectivity index (χ2v) is 5.80. The van der Waals surface area contributed by atoms with Gasteiger partial charge in [0.15, 0.2) is 0 Å². The van der Waals surface area contributed by atoms with Crippen LogP contribution in [0.25, 0.3) is 10.9 Å². The molecule has 0 fully saturated rings. The molecular weight excluding hydrogens is 354 g/mol. The Kier molecular flexibility index (Phi) is 7.18. The van der Waals surface area contributed by atoms with E-state index >= 15 is 0 Å². The number of carbonyl (C=O) groups is 2. The lowest BCUT2D eigenvalue weighted by molar-refractivity contribution is -0.129. The highest BCUT2D eigenvalue weighted by molar-refractivity contribution is 6.02. The molecule has 0 atom stereocenters. The fourth-order valence-electron chi connectivity index (χ4n) is 2.54. The molecule has 2 aromatic rings. The van der Waals surface area contributed by atoms with E-state index in [1.165, 1.54) is 0 Å². The number of hydrogen-bond donors (Lipinski definition) is 2. The van der Waals surface area contributed by atoms with Gasteiger partial charge >= 0.3 is 0 Å². The highest BCUT2D eigenvalue weighted by Gasteiger charge is 2.22. The van der Waals surface area contributed by atoms with Crippen LogP contribution in [-0.4, -0.2) is 67.0 Å². The lowest BCUT2D eigenvalue weighted by Gasteiger charge is -2.18. The molecule has 27 heavy (non-hydrogen) atoms. The number of para-hydroxylation sites is 1. The Bertz CT molecular complexity index is 864. The first kappa shape index (κ1) is 20.2. The van der Waals surface area contributed by atoms with Gasteiger partial charge in [0.25, 0.3) is 17.9 Å². The number of nitrogens with one attached hydrogen (secondary N) is 1. The first-order chi connectivity index (χ1) is 13.0. The van der Waals surface area contributed by atoms with Crippen molar-refractivity contribution >= 4 is 23.3 Å². The normalized spacial score (nSPS) is 10.8. The SMILES string of the molecule is CCNC(=O)c1c(O)c2ccccc2n(OCCN(C)CCOC=O)c1=O. The van der Waals surface area contributed by atoms with Crippen molar-refractivity contribution in [1.29, 1.82) is 0 Å². The average Bonchev–Trinajstić information content (AvgIpc) is 2.65. The Hall–Kier alpha value is -3.07. The molecule has 2 N–H and O–H groups in total. The maximum Gasteiger partial charge on any atom is 0.300 e. The number of benzene rings is 1. The smallest absolute Gasteiger partial charge is 0.300 e. The van der Waals surface area contributed by atoms with E-state index in [-0.39, 0.29) is 24.5 Å². The molecule has 0 unspecified atom stereocenters. The molecular formula is C18H23N3O6. The number of ether oxygens (including phenoxy) is 1. The molecule has 146 valence electrons. The summed E-state index contributed by atoms with van der Waals surface area (Å²) >= 11 is 0. The topological polar surface area (TPSA) is 110 Å². The van der Waals surface area contributed by atoms with Crippen molar-refractivity contribution in [2.45, 2.75) is 6.92 Å². The number of aromatic hydroxyl groups is 1. The summed E-state index contributed by atoms with van der Waals surface area (Å²) in [6, 6.07) is 6.63. The van der Waals surface area contributed by atoms with E-state index in [1.54, 1.807) is 31.2 Å². The van der Waals surface area contributed by atoms with Crippen molar-refractivity contribution < 1.29 is 24.3 Å². The minimum atomic E-state index is -0.732. The van der Waals surface area contributed by atoms with E-state index in [1.807, 2.05) is 11.9 Å². The first-order valence-electron chi connectivity index (χ1n) is 8.53. The number of hydrogen-bond acceptors (Lipinski definition) is 7. The number of carbonyl (C=O) groups excluding carboxylic acids is 2. The van der Waals surface area contributed by atoms with E-state index < -0.39 is 11.5 Å². The second-order valence-electron chi connectivity index (χ2n) is 5.80. The number of likely N-dealkylation sites (N-methyl/N-ethyl adjacent to an activating group) is 1. The van der Waals surface area contributed by atoms with Crippen LogP contribution < -0.4 is 15.7 Å². The Morgan fingerprint density at radius 1 is 1.30 bits per heavy atom. The molecule has 1 aromatic heterocycles. The summed E-state index contributed by atoms with van der Waals surface area (Å²) < 4.78 is 5.66. The van der Waals surface area contributed by atoms with E-state index in [2.05, 4.69) is 10.1 Å². The average molecular weight is 377 g/mol. The monoisotopic (exact) mass is 377 g/mol. The van der Waals surface area contributed by atoms with Gasteiger partial charge in [0.1, 0.15) is 24.5 Å². The maximum atomic E-state index is 12.8. The summed E-state index contributed by atoms with van der Waals surface area (Å²) in [7, 11) is 1.81. The maximum absolute atomic E-state index is 12.8. The molecule has 0 aliphatic rings. The molecule has 0 spiro atoms. The zero-order valence-corrected chi connectivity index (χ0v) is 15.3. The zero-order valence-electron chi connectivity index (χ0n) is 15.3. The number of rotatable bonds is 10. The molecule has 1 heterocycles. The van der Waals surface area contributed by atoms with Gasteiger partial charge in [-0.15, -0.1) is 4.73 Å². The third kappa shape index (κ3) is 4.76. The van der Waals surface area contributed by atoms with Crippen molar-refractivity contribution in [2.24, 2.45) is 0 Å². The van der Waals surface area contributed by atoms with Gasteiger partial charge in [0.2, 0.25) is 0 Å². The molecule has 9 nitrogen and oxygen atoms in total. The summed E-state index contributed by atoms with van der Waals surface area (Å²) in [4.78, 5) is 42.6. The fraction of sp³-hybridized carbons (Fsp3) is 0.389. The predicted octanol–water partition coefficient (Wildman–Crippen LogP) is -0.00980. The van der Waals surface area contributed by atoms with Crippen LogP contribution in [-0.2, 0) is 9.53 Å². The molecule has 1 aromatic carbocycles. The molecule has 2 rings (SSSR count). The third-order valence-corrected chi connectivity index (χ3v) is 3.93. The van der Waals surface area contributed by atoms with Gasteiger partial charge in [-0.1, -0.05) is 12.1 Å². The minimum Gasteiger partial charge on any atom is -0.506 e. The van der Waals surface area contributed by atoms with Gasteiger partial charge in [-0.2, -0.15) is 0 Å². The van der Waals surface area contributed by atoms with Crippen LogP contribution >= 0.6 is 0 Å². The van der Waals surface area contributed by atoms with E-state index in [9.17, 15) is 19.5 Å². The van der Waals surface area contributed by atoms with Gasteiger partial charge in [0, 0.05) is 25.0 Å². The number of pyridine rings is 1. The molecule has 0 bridgehead atoms. The Labute approximate surface area is 156 Å². The lowest BCUT2D eigenvalue weighted by atomic mass is 10.1. The Morgan fingerprint density at radius 3 is 2.70 bits per heavy atom. The molecule has 0 saturated carbocycles. The summed E-state index contributed by atoms with van der Waals surface area (Å²) in [5.74, 6) is -1.03. The quantitative estimate of drug-likeness (QED) is 0.443. The van der Waals surface area contributed by atoms with Crippen LogP contribution in [0.2, 0.25) is 0 Å². The number of nitrogens with zero attached hydrogens (tertiary/aromatic N) is 2. The van der Waals surface area contributed by atoms with Crippen LogP contribution in [0.15, 0.2) is 29.1 Å². The van der Waals surface area contributed by atoms with Gasteiger partial charge in [-0.05, 0) is 26.1 Å². The van der Waals surface area contributed by atoms with Crippen molar-refractivity contribution in [1.82, 2.24) is 14.9 Å². The van der Waals surface area contributed by atoms with Crippen LogP contribution in [0.1, 0.15) is 17.3 Å². The van der Waals surface area contributed by atoms with Crippen LogP contribution in [0, 0.1) is 0 Å². The number of aromatic nitrogens is 1. The van der Waals surface area contributed by atoms with Crippen molar-refractivity contribution in [3.8, 4) is 5.75 Å². The molecule has 1 amide bonds. The molecule has 0 radical (unpaired) electrons. The van der Waals surface area contributed by atoms with Crippen molar-refractivity contribution in [3.05, 3.63) is 40.2 Å².